The Morgan fingerprint density at radius 1 is 0.386 bits per heavy atom. The molecule has 4 heteroatoms. The Morgan fingerprint density at radius 3 is 1.13 bits per heavy atom. The molecule has 0 aliphatic rings. The number of fused-ring (bicyclic) bond motifs is 6. The van der Waals surface area contributed by atoms with Crippen molar-refractivity contribution in [3.8, 4) is 11.4 Å². The number of nitrogens with zero attached hydrogens (tertiary/aromatic N) is 2. The fraction of sp³-hybridized carbons (Fsp3) is 0.424. The summed E-state index contributed by atoms with van der Waals surface area (Å²) in [4.78, 5) is 1.47. The van der Waals surface area contributed by atoms with E-state index >= 15 is 0 Å². The van der Waals surface area contributed by atoms with E-state index in [0.29, 0.717) is 0 Å². The quantitative estimate of drug-likeness (QED) is 0.120. The number of aromatic nitrogens is 2. The van der Waals surface area contributed by atoms with Crippen LogP contribution in [0.1, 0.15) is 182 Å². The van der Waals surface area contributed by atoms with Gasteiger partial charge in [-0.3, -0.25) is 0 Å². The zero-order chi connectivity index (χ0) is 50.6. The van der Waals surface area contributed by atoms with Gasteiger partial charge in [0.1, 0.15) is 0 Å². The van der Waals surface area contributed by atoms with E-state index in [1.54, 1.807) is 6.26 Å². The normalized spacial score (nSPS) is 13.7. The number of benzene rings is 5. The summed E-state index contributed by atoms with van der Waals surface area (Å²) in [5.74, 6) is 0. The van der Waals surface area contributed by atoms with Gasteiger partial charge in [0.15, 0.2) is 0 Å². The highest BCUT2D eigenvalue weighted by Crippen LogP contribution is 2.46. The molecule has 0 aliphatic heterocycles. The first-order valence-corrected chi connectivity index (χ1v) is 26.9. The van der Waals surface area contributed by atoms with Crippen molar-refractivity contribution in [2.75, 3.05) is 0 Å². The van der Waals surface area contributed by atoms with Crippen LogP contribution < -0.4 is 0 Å². The average molecular weight is 949 g/mol. The predicted molar refractivity (Wildman–Crippen MR) is 305 cm³/mol. The molecular weight excluding hydrogens is 869 g/mol. The van der Waals surface area contributed by atoms with Gasteiger partial charge < -0.3 is 13.6 Å². The molecule has 0 saturated carbocycles. The molecule has 0 atom stereocenters. The molecule has 0 bridgehead atoms. The van der Waals surface area contributed by atoms with Gasteiger partial charge in [-0.1, -0.05) is 154 Å². The highest BCUT2D eigenvalue weighted by Gasteiger charge is 2.33. The second-order valence-corrected chi connectivity index (χ2v) is 27.5. The minimum absolute atomic E-state index is 0.00779. The first-order chi connectivity index (χ1) is 32.6. The Hall–Kier alpha value is -5.32. The Morgan fingerprint density at radius 2 is 0.771 bits per heavy atom. The lowest BCUT2D eigenvalue weighted by molar-refractivity contribution is 0.372. The van der Waals surface area contributed by atoms with Crippen LogP contribution in [0.3, 0.4) is 0 Å². The summed E-state index contributed by atoms with van der Waals surface area (Å²) in [7, 11) is 0. The molecule has 0 N–H and O–H groups in total. The van der Waals surface area contributed by atoms with Gasteiger partial charge in [-0.15, -0.1) is 11.3 Å². The van der Waals surface area contributed by atoms with Crippen molar-refractivity contribution < 1.29 is 4.42 Å². The zero-order valence-corrected chi connectivity index (χ0v) is 46.5. The SMILES string of the molecule is CC(C)(C)c1ccc2c(c1)c1cc(C(C)(C)CCC(C)(C)c3ccoc3)ccc1n2-c1cccc(-n2c3ccc(C(C)(C)C)cc3c3cc(C(C)(C)CCC(C)(C)c4cccs4)ccc32)c1C(C)(C)C. The van der Waals surface area contributed by atoms with Crippen molar-refractivity contribution in [2.24, 2.45) is 0 Å². The van der Waals surface area contributed by atoms with Crippen LogP contribution in [-0.4, -0.2) is 9.13 Å². The van der Waals surface area contributed by atoms with E-state index in [9.17, 15) is 0 Å². The molecule has 0 unspecified atom stereocenters. The lowest BCUT2D eigenvalue weighted by atomic mass is 9.73. The molecule has 70 heavy (non-hydrogen) atoms. The molecule has 9 rings (SSSR count). The topological polar surface area (TPSA) is 23.0 Å². The lowest BCUT2D eigenvalue weighted by Crippen LogP contribution is -2.24. The number of furan rings is 1. The van der Waals surface area contributed by atoms with E-state index < -0.39 is 0 Å². The van der Waals surface area contributed by atoms with Crippen molar-refractivity contribution in [3.05, 3.63) is 165 Å². The maximum Gasteiger partial charge on any atom is 0.0939 e. The Bertz CT molecular complexity index is 3140. The van der Waals surface area contributed by atoms with Gasteiger partial charge in [-0.2, -0.15) is 0 Å². The molecule has 0 radical (unpaired) electrons. The van der Waals surface area contributed by atoms with Crippen molar-refractivity contribution >= 4 is 54.9 Å². The van der Waals surface area contributed by atoms with Crippen LogP contribution in [0.5, 0.6) is 0 Å². The molecule has 0 fully saturated rings. The summed E-state index contributed by atoms with van der Waals surface area (Å²) in [5, 5.41) is 7.48. The van der Waals surface area contributed by atoms with Gasteiger partial charge in [-0.25, -0.2) is 0 Å². The van der Waals surface area contributed by atoms with Gasteiger partial charge in [0.25, 0.3) is 0 Å². The number of hydrogen-bond donors (Lipinski definition) is 0. The van der Waals surface area contributed by atoms with Crippen LogP contribution in [0.15, 0.2) is 132 Å². The van der Waals surface area contributed by atoms with Crippen molar-refractivity contribution in [3.63, 3.8) is 0 Å². The molecule has 4 aromatic heterocycles. The second kappa shape index (κ2) is 17.2. The highest BCUT2D eigenvalue weighted by atomic mass is 32.1. The van der Waals surface area contributed by atoms with Crippen LogP contribution in [0.2, 0.25) is 0 Å². The largest absolute Gasteiger partial charge is 0.472 e. The summed E-state index contributed by atoms with van der Waals surface area (Å²) < 4.78 is 10.7. The van der Waals surface area contributed by atoms with Gasteiger partial charge in [-0.05, 0) is 170 Å². The first kappa shape index (κ1) is 49.7. The van der Waals surface area contributed by atoms with E-state index in [4.69, 9.17) is 4.42 Å². The summed E-state index contributed by atoms with van der Waals surface area (Å²) >= 11 is 1.88. The van der Waals surface area contributed by atoms with Crippen LogP contribution in [-0.2, 0) is 37.9 Å². The number of hydrogen-bond acceptors (Lipinski definition) is 2. The van der Waals surface area contributed by atoms with Crippen LogP contribution >= 0.6 is 11.3 Å². The summed E-state index contributed by atoms with van der Waals surface area (Å²) in [6, 6.07) is 42.9. The van der Waals surface area contributed by atoms with Gasteiger partial charge in [0.2, 0.25) is 0 Å². The van der Waals surface area contributed by atoms with E-state index in [0.717, 1.165) is 25.7 Å². The zero-order valence-electron chi connectivity index (χ0n) is 45.7. The number of rotatable bonds is 12. The fourth-order valence-electron chi connectivity index (χ4n) is 11.1. The van der Waals surface area contributed by atoms with Crippen LogP contribution in [0.25, 0.3) is 55.0 Å². The monoisotopic (exact) mass is 949 g/mol. The molecule has 3 nitrogen and oxygen atoms in total. The Labute approximate surface area is 424 Å². The van der Waals surface area contributed by atoms with Crippen molar-refractivity contribution in [1.29, 1.82) is 0 Å². The maximum absolute atomic E-state index is 5.53. The van der Waals surface area contributed by atoms with E-state index in [2.05, 4.69) is 241 Å². The molecule has 0 spiro atoms. The van der Waals surface area contributed by atoms with Crippen molar-refractivity contribution in [1.82, 2.24) is 9.13 Å². The van der Waals surface area contributed by atoms with E-state index in [-0.39, 0.29) is 37.9 Å². The molecule has 0 saturated heterocycles. The molecule has 4 heterocycles. The summed E-state index contributed by atoms with van der Waals surface area (Å²) in [5.41, 5.74) is 15.4. The summed E-state index contributed by atoms with van der Waals surface area (Å²) in [6.45, 7) is 40.5. The molecule has 366 valence electrons. The molecular formula is C66H80N2OS. The van der Waals surface area contributed by atoms with Gasteiger partial charge >= 0.3 is 0 Å². The third kappa shape index (κ3) is 9.01. The first-order valence-electron chi connectivity index (χ1n) is 26.0. The van der Waals surface area contributed by atoms with Crippen LogP contribution in [0, 0.1) is 0 Å². The van der Waals surface area contributed by atoms with E-state index in [1.807, 2.05) is 17.6 Å². The van der Waals surface area contributed by atoms with E-state index in [1.165, 1.54) is 93.2 Å². The Balaban J connectivity index is 1.24. The highest BCUT2D eigenvalue weighted by molar-refractivity contribution is 7.10. The minimum atomic E-state index is -0.213. The second-order valence-electron chi connectivity index (χ2n) is 26.5. The molecule has 5 aromatic carbocycles. The lowest BCUT2D eigenvalue weighted by Gasteiger charge is -2.31. The van der Waals surface area contributed by atoms with Crippen molar-refractivity contribution in [2.45, 2.75) is 181 Å². The standard InChI is InChI=1S/C66H80N2OS/c1-60(2,3)43-23-27-52-48(38-43)50-40-45(63(10,11)32-33-65(14,15)47-31-36-69-42-47)25-29-54(50)67(52)56-20-18-21-57(59(56)62(7,8)9)68-53-28-24-44(61(4,5)6)39-49(53)51-41-46(26-30-55(51)68)64(12,13)34-35-66(16,17)58-22-19-37-70-58/h18-31,36-42H,32-35H2,1-17H3. The summed E-state index contributed by atoms with van der Waals surface area (Å²) in [6.07, 6.45) is 8.06. The third-order valence-electron chi connectivity index (χ3n) is 16.3. The third-order valence-corrected chi connectivity index (χ3v) is 17.6. The molecule has 9 aromatic rings. The fourth-order valence-corrected chi connectivity index (χ4v) is 12.0. The molecule has 0 amide bonds. The van der Waals surface area contributed by atoms with Gasteiger partial charge in [0.05, 0.1) is 46.0 Å². The average Bonchev–Trinajstić information content (AvgIpc) is 4.12. The maximum atomic E-state index is 5.53. The molecule has 0 aliphatic carbocycles. The predicted octanol–water partition coefficient (Wildman–Crippen LogP) is 19.5. The Kier molecular flexibility index (Phi) is 12.2. The van der Waals surface area contributed by atoms with Gasteiger partial charge in [0, 0.05) is 32.0 Å². The smallest absolute Gasteiger partial charge is 0.0939 e. The number of thiophene rings is 1. The minimum Gasteiger partial charge on any atom is -0.472 e. The van der Waals surface area contributed by atoms with Crippen LogP contribution in [0.4, 0.5) is 0 Å².